The fraction of sp³-hybridized carbons (Fsp3) is 0.562. The van der Waals surface area contributed by atoms with E-state index in [-0.39, 0.29) is 30.3 Å². The van der Waals surface area contributed by atoms with Crippen molar-refractivity contribution in [2.75, 3.05) is 33.4 Å². The summed E-state index contributed by atoms with van der Waals surface area (Å²) in [5, 5.41) is 9.77. The van der Waals surface area contributed by atoms with Crippen LogP contribution in [0.3, 0.4) is 0 Å². The van der Waals surface area contributed by atoms with Gasteiger partial charge in [-0.25, -0.2) is 9.78 Å². The number of methoxy groups -OCH3 is 1. The Bertz CT molecular complexity index is 616. The minimum atomic E-state index is -0.486. The smallest absolute Gasteiger partial charge is 0.358 e. The molecule has 0 radical (unpaired) electrons. The van der Waals surface area contributed by atoms with Crippen LogP contribution < -0.4 is 5.32 Å². The van der Waals surface area contributed by atoms with Crippen LogP contribution in [0.2, 0.25) is 0 Å². The van der Waals surface area contributed by atoms with E-state index in [1.807, 2.05) is 0 Å². The number of likely N-dealkylation sites (tertiary alicyclic amines) is 1. The highest BCUT2D eigenvalue weighted by Crippen LogP contribution is 2.28. The number of carboxylic acid groups (broad SMARTS) is 1. The Morgan fingerprint density at radius 2 is 2.12 bits per heavy atom. The van der Waals surface area contributed by atoms with Crippen LogP contribution in [-0.4, -0.2) is 77.3 Å². The number of carbonyl (C=O) groups is 3. The van der Waals surface area contributed by atoms with Crippen molar-refractivity contribution in [1.82, 2.24) is 20.2 Å². The molecule has 3 rings (SSSR count). The van der Waals surface area contributed by atoms with E-state index in [0.29, 0.717) is 13.1 Å². The summed E-state index contributed by atoms with van der Waals surface area (Å²) in [7, 11) is 1.32. The Kier molecular flexibility index (Phi) is 6.98. The largest absolute Gasteiger partial charge is 0.483 e. The molecule has 3 heterocycles. The van der Waals surface area contributed by atoms with Gasteiger partial charge in [0.2, 0.25) is 5.91 Å². The molecule has 0 saturated carbocycles. The number of esters is 1. The summed E-state index contributed by atoms with van der Waals surface area (Å²) >= 11 is 0. The molecule has 1 aromatic heterocycles. The molecule has 0 atom stereocenters. The minimum absolute atomic E-state index is 0.0426. The molecule has 1 amide bonds. The zero-order chi connectivity index (χ0) is 19.0. The lowest BCUT2D eigenvalue weighted by Gasteiger charge is -2.43. The van der Waals surface area contributed by atoms with Crippen molar-refractivity contribution >= 4 is 18.3 Å². The number of ether oxygens (including phenoxy) is 2. The van der Waals surface area contributed by atoms with Gasteiger partial charge in [0.25, 0.3) is 6.47 Å². The molecule has 2 aliphatic rings. The molecule has 0 bridgehead atoms. The first-order valence-electron chi connectivity index (χ1n) is 8.12. The van der Waals surface area contributed by atoms with Gasteiger partial charge in [0.15, 0.2) is 5.69 Å². The molecular formula is C16H22N4O6. The Balaban J connectivity index is 0.000000758. The maximum Gasteiger partial charge on any atom is 0.358 e. The maximum atomic E-state index is 11.3. The highest BCUT2D eigenvalue weighted by Gasteiger charge is 2.38. The number of hydrogen-bond acceptors (Lipinski definition) is 8. The number of hydrogen-bond donors (Lipinski definition) is 2. The average Bonchev–Trinajstić information content (AvgIpc) is 2.67. The van der Waals surface area contributed by atoms with Crippen LogP contribution in [0.4, 0.5) is 0 Å². The first-order chi connectivity index (χ1) is 12.5. The summed E-state index contributed by atoms with van der Waals surface area (Å²) in [6.07, 6.45) is 4.79. The number of piperidine rings is 1. The quantitative estimate of drug-likeness (QED) is 0.534. The van der Waals surface area contributed by atoms with E-state index in [4.69, 9.17) is 14.6 Å². The fourth-order valence-corrected chi connectivity index (χ4v) is 2.90. The molecule has 1 spiro atoms. The van der Waals surface area contributed by atoms with Crippen molar-refractivity contribution < 1.29 is 29.0 Å². The van der Waals surface area contributed by atoms with Crippen molar-refractivity contribution in [2.45, 2.75) is 25.0 Å². The SMILES string of the molecule is COC(=O)c1cnc(CN2CCC3(CC2)CNC(=O)CO3)cn1.O=CO. The van der Waals surface area contributed by atoms with Crippen LogP contribution >= 0.6 is 0 Å². The monoisotopic (exact) mass is 366 g/mol. The lowest BCUT2D eigenvalue weighted by atomic mass is 9.90. The van der Waals surface area contributed by atoms with Gasteiger partial charge >= 0.3 is 5.97 Å². The van der Waals surface area contributed by atoms with Gasteiger partial charge in [0, 0.05) is 26.2 Å². The number of nitrogens with one attached hydrogen (secondary N) is 1. The van der Waals surface area contributed by atoms with Crippen molar-refractivity contribution in [2.24, 2.45) is 0 Å². The molecular weight excluding hydrogens is 344 g/mol. The number of nitrogens with zero attached hydrogens (tertiary/aromatic N) is 3. The predicted octanol–water partition coefficient (Wildman–Crippen LogP) is -0.555. The van der Waals surface area contributed by atoms with E-state index in [0.717, 1.165) is 31.6 Å². The minimum Gasteiger partial charge on any atom is -0.483 e. The standard InChI is InChI=1S/C15H20N4O4.CH2O2/c1-22-14(21)12-7-16-11(6-17-12)8-19-4-2-15(3-5-19)10-18-13(20)9-23-15;2-1-3/h6-7H,2-5,8-10H2,1H3,(H,18,20);1H,(H,2,3). The van der Waals surface area contributed by atoms with Gasteiger partial charge < -0.3 is 19.9 Å². The van der Waals surface area contributed by atoms with Crippen molar-refractivity contribution in [3.8, 4) is 0 Å². The molecule has 10 nitrogen and oxygen atoms in total. The van der Waals surface area contributed by atoms with E-state index in [1.165, 1.54) is 13.3 Å². The van der Waals surface area contributed by atoms with Crippen LogP contribution in [-0.2, 0) is 25.6 Å². The normalized spacial score (nSPS) is 19.0. The van der Waals surface area contributed by atoms with Crippen molar-refractivity contribution in [1.29, 1.82) is 0 Å². The van der Waals surface area contributed by atoms with Gasteiger partial charge in [-0.2, -0.15) is 0 Å². The third kappa shape index (κ3) is 5.20. The molecule has 2 aliphatic heterocycles. The lowest BCUT2D eigenvalue weighted by Crippen LogP contribution is -2.57. The molecule has 26 heavy (non-hydrogen) atoms. The number of amides is 1. The Morgan fingerprint density at radius 1 is 1.42 bits per heavy atom. The highest BCUT2D eigenvalue weighted by atomic mass is 16.5. The maximum absolute atomic E-state index is 11.3. The van der Waals surface area contributed by atoms with Gasteiger partial charge in [-0.15, -0.1) is 0 Å². The summed E-state index contributed by atoms with van der Waals surface area (Å²) in [6.45, 7) is 2.91. The third-order valence-corrected chi connectivity index (χ3v) is 4.37. The number of carbonyl (C=O) groups excluding carboxylic acids is 2. The van der Waals surface area contributed by atoms with Crippen LogP contribution in [0.25, 0.3) is 0 Å². The second-order valence-corrected chi connectivity index (χ2v) is 6.01. The van der Waals surface area contributed by atoms with Crippen LogP contribution in [0, 0.1) is 0 Å². The van der Waals surface area contributed by atoms with Gasteiger partial charge in [-0.3, -0.25) is 19.5 Å². The fourth-order valence-electron chi connectivity index (χ4n) is 2.90. The molecule has 1 aromatic rings. The molecule has 142 valence electrons. The van der Waals surface area contributed by atoms with Gasteiger partial charge in [0.1, 0.15) is 6.61 Å². The van der Waals surface area contributed by atoms with Gasteiger partial charge in [0.05, 0.1) is 30.8 Å². The third-order valence-electron chi connectivity index (χ3n) is 4.37. The molecule has 0 unspecified atom stereocenters. The molecule has 0 aliphatic carbocycles. The Labute approximate surface area is 150 Å². The second-order valence-electron chi connectivity index (χ2n) is 6.01. The topological polar surface area (TPSA) is 131 Å². The Hall–Kier alpha value is -2.59. The average molecular weight is 366 g/mol. The molecule has 2 fully saturated rings. The molecule has 2 N–H and O–H groups in total. The van der Waals surface area contributed by atoms with Gasteiger partial charge in [-0.1, -0.05) is 0 Å². The molecule has 0 aromatic carbocycles. The zero-order valence-corrected chi connectivity index (χ0v) is 14.5. The van der Waals surface area contributed by atoms with E-state index in [2.05, 4.69) is 24.9 Å². The van der Waals surface area contributed by atoms with Crippen LogP contribution in [0.15, 0.2) is 12.4 Å². The Morgan fingerprint density at radius 3 is 2.62 bits per heavy atom. The van der Waals surface area contributed by atoms with E-state index in [9.17, 15) is 9.59 Å². The van der Waals surface area contributed by atoms with Crippen molar-refractivity contribution in [3.05, 3.63) is 23.8 Å². The van der Waals surface area contributed by atoms with Crippen LogP contribution in [0.5, 0.6) is 0 Å². The first kappa shape index (κ1) is 19.7. The van der Waals surface area contributed by atoms with Crippen molar-refractivity contribution in [3.63, 3.8) is 0 Å². The lowest BCUT2D eigenvalue weighted by molar-refractivity contribution is -0.150. The summed E-state index contributed by atoms with van der Waals surface area (Å²) in [5.41, 5.74) is 0.803. The molecule has 2 saturated heterocycles. The number of morpholine rings is 1. The summed E-state index contributed by atoms with van der Waals surface area (Å²) in [6, 6.07) is 0. The van der Waals surface area contributed by atoms with E-state index >= 15 is 0 Å². The first-order valence-corrected chi connectivity index (χ1v) is 8.12. The van der Waals surface area contributed by atoms with Gasteiger partial charge in [-0.05, 0) is 12.8 Å². The number of rotatable bonds is 3. The van der Waals surface area contributed by atoms with E-state index < -0.39 is 5.97 Å². The summed E-state index contributed by atoms with van der Waals surface area (Å²) in [5.74, 6) is -0.528. The molecule has 10 heteroatoms. The number of aromatic nitrogens is 2. The van der Waals surface area contributed by atoms with E-state index in [1.54, 1.807) is 6.20 Å². The summed E-state index contributed by atoms with van der Waals surface area (Å²) < 4.78 is 10.4. The predicted molar refractivity (Wildman–Crippen MR) is 88.3 cm³/mol. The summed E-state index contributed by atoms with van der Waals surface area (Å²) in [4.78, 5) is 41.5. The van der Waals surface area contributed by atoms with Crippen LogP contribution in [0.1, 0.15) is 29.0 Å². The zero-order valence-electron chi connectivity index (χ0n) is 14.5. The second kappa shape index (κ2) is 9.20. The highest BCUT2D eigenvalue weighted by molar-refractivity contribution is 5.86.